The molecule has 0 aromatic carbocycles. The average Bonchev–Trinajstić information content (AvgIpc) is 2.72. The van der Waals surface area contributed by atoms with Gasteiger partial charge in [-0.05, 0) is 37.3 Å². The van der Waals surface area contributed by atoms with Gasteiger partial charge in [0.2, 0.25) is 0 Å². The van der Waals surface area contributed by atoms with Crippen LogP contribution in [0.25, 0.3) is 0 Å². The van der Waals surface area contributed by atoms with Crippen molar-refractivity contribution >= 4 is 11.8 Å². The number of thioether (sulfide) groups is 1. The van der Waals surface area contributed by atoms with Gasteiger partial charge in [0, 0.05) is 18.3 Å². The standard InChI is InChI=1S/C10H17N3S/c1-8(10-2-5-11-13-10)12-9-3-6-14-7-4-9/h2,5,8-9,12H,3-4,6-7H2,1H3,(H,11,13). The predicted molar refractivity (Wildman–Crippen MR) is 60.5 cm³/mol. The van der Waals surface area contributed by atoms with Gasteiger partial charge in [0.25, 0.3) is 0 Å². The highest BCUT2D eigenvalue weighted by atomic mass is 32.2. The zero-order valence-corrected chi connectivity index (χ0v) is 9.31. The summed E-state index contributed by atoms with van der Waals surface area (Å²) < 4.78 is 0. The van der Waals surface area contributed by atoms with Crippen LogP contribution in [0.1, 0.15) is 31.5 Å². The molecular weight excluding hydrogens is 194 g/mol. The number of hydrogen-bond donors (Lipinski definition) is 2. The number of nitrogens with one attached hydrogen (secondary N) is 2. The van der Waals surface area contributed by atoms with Crippen molar-refractivity contribution in [1.82, 2.24) is 15.5 Å². The van der Waals surface area contributed by atoms with Crippen LogP contribution in [0.2, 0.25) is 0 Å². The van der Waals surface area contributed by atoms with E-state index in [1.807, 2.05) is 12.3 Å². The molecule has 1 unspecified atom stereocenters. The second-order valence-electron chi connectivity index (χ2n) is 3.79. The topological polar surface area (TPSA) is 40.7 Å². The fraction of sp³-hybridized carbons (Fsp3) is 0.700. The van der Waals surface area contributed by atoms with Crippen LogP contribution in [0.4, 0.5) is 0 Å². The van der Waals surface area contributed by atoms with E-state index in [0.717, 1.165) is 0 Å². The van der Waals surface area contributed by atoms with Crippen molar-refractivity contribution in [3.05, 3.63) is 18.0 Å². The number of aromatic nitrogens is 2. The van der Waals surface area contributed by atoms with Gasteiger partial charge in [-0.3, -0.25) is 5.10 Å². The molecule has 0 radical (unpaired) electrons. The van der Waals surface area contributed by atoms with E-state index in [-0.39, 0.29) is 0 Å². The van der Waals surface area contributed by atoms with Crippen LogP contribution in [0.15, 0.2) is 12.3 Å². The third-order valence-corrected chi connectivity index (χ3v) is 3.74. The van der Waals surface area contributed by atoms with Crippen molar-refractivity contribution in [2.75, 3.05) is 11.5 Å². The Morgan fingerprint density at radius 1 is 1.57 bits per heavy atom. The van der Waals surface area contributed by atoms with Crippen LogP contribution in [-0.2, 0) is 0 Å². The van der Waals surface area contributed by atoms with Gasteiger partial charge in [0.15, 0.2) is 0 Å². The Morgan fingerprint density at radius 2 is 2.36 bits per heavy atom. The summed E-state index contributed by atoms with van der Waals surface area (Å²) in [7, 11) is 0. The molecule has 2 rings (SSSR count). The molecule has 1 aliphatic heterocycles. The molecule has 1 atom stereocenters. The normalized spacial score (nSPS) is 20.9. The molecule has 3 nitrogen and oxygen atoms in total. The zero-order chi connectivity index (χ0) is 9.80. The maximum absolute atomic E-state index is 3.97. The second-order valence-corrected chi connectivity index (χ2v) is 5.01. The molecule has 1 aliphatic rings. The molecule has 1 aromatic rings. The molecule has 2 N–H and O–H groups in total. The van der Waals surface area contributed by atoms with Gasteiger partial charge in [-0.2, -0.15) is 16.9 Å². The SMILES string of the molecule is CC(NC1CCSCC1)c1ccn[nH]1. The van der Waals surface area contributed by atoms with Gasteiger partial charge in [0.05, 0.1) is 5.69 Å². The van der Waals surface area contributed by atoms with E-state index < -0.39 is 0 Å². The van der Waals surface area contributed by atoms with Gasteiger partial charge in [0.1, 0.15) is 0 Å². The van der Waals surface area contributed by atoms with Crippen LogP contribution in [0.3, 0.4) is 0 Å². The lowest BCUT2D eigenvalue weighted by Gasteiger charge is -2.25. The number of H-pyrrole nitrogens is 1. The van der Waals surface area contributed by atoms with Crippen molar-refractivity contribution < 1.29 is 0 Å². The molecule has 0 spiro atoms. The molecule has 1 aromatic heterocycles. The Bertz CT molecular complexity index is 254. The lowest BCUT2D eigenvalue weighted by Crippen LogP contribution is -2.34. The maximum atomic E-state index is 3.97. The van der Waals surface area contributed by atoms with Crippen LogP contribution in [0, 0.1) is 0 Å². The van der Waals surface area contributed by atoms with Gasteiger partial charge < -0.3 is 5.32 Å². The van der Waals surface area contributed by atoms with Gasteiger partial charge in [-0.25, -0.2) is 0 Å². The monoisotopic (exact) mass is 211 g/mol. The van der Waals surface area contributed by atoms with Gasteiger partial charge in [-0.15, -0.1) is 0 Å². The smallest absolute Gasteiger partial charge is 0.0518 e. The summed E-state index contributed by atoms with van der Waals surface area (Å²) in [5.74, 6) is 2.60. The highest BCUT2D eigenvalue weighted by Crippen LogP contribution is 2.19. The Labute approximate surface area is 89.1 Å². The second kappa shape index (κ2) is 4.84. The largest absolute Gasteiger partial charge is 0.306 e. The van der Waals surface area contributed by atoms with E-state index in [1.165, 1.54) is 30.0 Å². The van der Waals surface area contributed by atoms with Crippen molar-refractivity contribution in [1.29, 1.82) is 0 Å². The molecule has 0 saturated carbocycles. The van der Waals surface area contributed by atoms with E-state index in [2.05, 4.69) is 34.2 Å². The maximum Gasteiger partial charge on any atom is 0.0518 e. The van der Waals surface area contributed by atoms with E-state index in [4.69, 9.17) is 0 Å². The molecule has 0 bridgehead atoms. The first kappa shape index (κ1) is 10.1. The predicted octanol–water partition coefficient (Wildman–Crippen LogP) is 1.96. The first-order valence-electron chi connectivity index (χ1n) is 5.19. The molecule has 4 heteroatoms. The van der Waals surface area contributed by atoms with Crippen molar-refractivity contribution in [2.24, 2.45) is 0 Å². The highest BCUT2D eigenvalue weighted by molar-refractivity contribution is 7.99. The van der Waals surface area contributed by atoms with Gasteiger partial charge >= 0.3 is 0 Å². The van der Waals surface area contributed by atoms with E-state index in [1.54, 1.807) is 0 Å². The highest BCUT2D eigenvalue weighted by Gasteiger charge is 2.16. The first-order chi connectivity index (χ1) is 6.86. The molecule has 0 aliphatic carbocycles. The molecule has 1 saturated heterocycles. The minimum atomic E-state index is 0.394. The van der Waals surface area contributed by atoms with Crippen LogP contribution >= 0.6 is 11.8 Å². The summed E-state index contributed by atoms with van der Waals surface area (Å²) in [6.07, 6.45) is 4.40. The molecule has 78 valence electrons. The third-order valence-electron chi connectivity index (χ3n) is 2.70. The zero-order valence-electron chi connectivity index (χ0n) is 8.49. The van der Waals surface area contributed by atoms with E-state index in [0.29, 0.717) is 12.1 Å². The quantitative estimate of drug-likeness (QED) is 0.803. The van der Waals surface area contributed by atoms with Crippen molar-refractivity contribution in [3.8, 4) is 0 Å². The fourth-order valence-corrected chi connectivity index (χ4v) is 2.92. The minimum Gasteiger partial charge on any atom is -0.306 e. The molecule has 0 amide bonds. The Hall–Kier alpha value is -0.480. The minimum absolute atomic E-state index is 0.394. The number of rotatable bonds is 3. The number of aromatic amines is 1. The number of hydrogen-bond acceptors (Lipinski definition) is 3. The summed E-state index contributed by atoms with van der Waals surface area (Å²) in [5, 5.41) is 10.6. The lowest BCUT2D eigenvalue weighted by molar-refractivity contribution is 0.426. The third kappa shape index (κ3) is 2.51. The fourth-order valence-electron chi connectivity index (χ4n) is 1.82. The van der Waals surface area contributed by atoms with Crippen LogP contribution in [-0.4, -0.2) is 27.7 Å². The van der Waals surface area contributed by atoms with Crippen molar-refractivity contribution in [3.63, 3.8) is 0 Å². The summed E-state index contributed by atoms with van der Waals surface area (Å²) >= 11 is 2.06. The molecule has 14 heavy (non-hydrogen) atoms. The Morgan fingerprint density at radius 3 is 3.00 bits per heavy atom. The molecule has 2 heterocycles. The van der Waals surface area contributed by atoms with E-state index >= 15 is 0 Å². The van der Waals surface area contributed by atoms with Gasteiger partial charge in [-0.1, -0.05) is 0 Å². The summed E-state index contributed by atoms with van der Waals surface area (Å²) in [4.78, 5) is 0. The number of nitrogens with zero attached hydrogens (tertiary/aromatic N) is 1. The molecular formula is C10H17N3S. The van der Waals surface area contributed by atoms with Crippen LogP contribution < -0.4 is 5.32 Å². The molecule has 1 fully saturated rings. The first-order valence-corrected chi connectivity index (χ1v) is 6.35. The van der Waals surface area contributed by atoms with Crippen molar-refractivity contribution in [2.45, 2.75) is 31.8 Å². The summed E-state index contributed by atoms with van der Waals surface area (Å²) in [6, 6.07) is 3.12. The Balaban J connectivity index is 1.84. The average molecular weight is 211 g/mol. The van der Waals surface area contributed by atoms with Crippen LogP contribution in [0.5, 0.6) is 0 Å². The Kier molecular flexibility index (Phi) is 3.48. The summed E-state index contributed by atoms with van der Waals surface area (Å²) in [5.41, 5.74) is 1.18. The lowest BCUT2D eigenvalue weighted by atomic mass is 10.1. The summed E-state index contributed by atoms with van der Waals surface area (Å²) in [6.45, 7) is 2.19. The van der Waals surface area contributed by atoms with E-state index in [9.17, 15) is 0 Å².